The maximum atomic E-state index is 13.2. The summed E-state index contributed by atoms with van der Waals surface area (Å²) in [6.45, 7) is 2.18. The molecule has 2 aromatic carbocycles. The van der Waals surface area contributed by atoms with E-state index in [0.717, 1.165) is 24.9 Å². The average Bonchev–Trinajstić information content (AvgIpc) is 2.48. The quantitative estimate of drug-likeness (QED) is 0.707. The molecule has 0 aliphatic heterocycles. The van der Waals surface area contributed by atoms with Crippen LogP contribution in [-0.4, -0.2) is 0 Å². The molecular formula is C17H19ClFN. The van der Waals surface area contributed by atoms with Gasteiger partial charge in [-0.2, -0.15) is 0 Å². The topological polar surface area (TPSA) is 12.0 Å². The highest BCUT2D eigenvalue weighted by Crippen LogP contribution is 2.27. The van der Waals surface area contributed by atoms with E-state index in [-0.39, 0.29) is 16.9 Å². The Hall–Kier alpha value is -1.54. The highest BCUT2D eigenvalue weighted by molar-refractivity contribution is 6.31. The molecule has 106 valence electrons. The molecule has 1 atom stereocenters. The number of benzene rings is 2. The molecular weight excluding hydrogens is 273 g/mol. The van der Waals surface area contributed by atoms with E-state index < -0.39 is 0 Å². The molecule has 0 heterocycles. The van der Waals surface area contributed by atoms with E-state index >= 15 is 0 Å². The van der Waals surface area contributed by atoms with Crippen LogP contribution in [0.1, 0.15) is 37.8 Å². The van der Waals surface area contributed by atoms with Crippen LogP contribution in [0.2, 0.25) is 5.02 Å². The second-order valence-corrected chi connectivity index (χ2v) is 5.29. The Bertz CT molecular complexity index is 542. The molecule has 0 aliphatic rings. The van der Waals surface area contributed by atoms with E-state index in [9.17, 15) is 4.39 Å². The highest BCUT2D eigenvalue weighted by atomic mass is 35.5. The molecule has 0 amide bonds. The van der Waals surface area contributed by atoms with Crippen molar-refractivity contribution in [2.24, 2.45) is 0 Å². The van der Waals surface area contributed by atoms with Crippen LogP contribution in [0.5, 0.6) is 0 Å². The Labute approximate surface area is 124 Å². The molecule has 1 unspecified atom stereocenters. The van der Waals surface area contributed by atoms with E-state index in [1.54, 1.807) is 12.1 Å². The zero-order chi connectivity index (χ0) is 14.4. The van der Waals surface area contributed by atoms with Gasteiger partial charge in [-0.25, -0.2) is 4.39 Å². The Kier molecular flexibility index (Phi) is 5.42. The third-order valence-electron chi connectivity index (χ3n) is 3.31. The minimum absolute atomic E-state index is 0.150. The molecule has 0 aliphatic carbocycles. The molecule has 20 heavy (non-hydrogen) atoms. The number of halogens is 2. The van der Waals surface area contributed by atoms with Gasteiger partial charge < -0.3 is 5.32 Å². The van der Waals surface area contributed by atoms with Crippen LogP contribution in [0.25, 0.3) is 0 Å². The molecule has 0 spiro atoms. The van der Waals surface area contributed by atoms with Gasteiger partial charge in [0.2, 0.25) is 0 Å². The summed E-state index contributed by atoms with van der Waals surface area (Å²) in [6, 6.07) is 15.3. The zero-order valence-corrected chi connectivity index (χ0v) is 12.3. The number of nitrogens with one attached hydrogen (secondary N) is 1. The maximum absolute atomic E-state index is 13.2. The fraction of sp³-hybridized carbons (Fsp3) is 0.294. The summed E-state index contributed by atoms with van der Waals surface area (Å²) < 4.78 is 13.2. The third-order valence-corrected chi connectivity index (χ3v) is 3.60. The van der Waals surface area contributed by atoms with Gasteiger partial charge >= 0.3 is 0 Å². The molecule has 0 saturated heterocycles. The zero-order valence-electron chi connectivity index (χ0n) is 11.6. The molecule has 1 nitrogen and oxygen atoms in total. The molecule has 2 aromatic rings. The summed E-state index contributed by atoms with van der Waals surface area (Å²) in [5, 5.41) is 3.60. The fourth-order valence-corrected chi connectivity index (χ4v) is 2.38. The lowest BCUT2D eigenvalue weighted by molar-refractivity contribution is 0.625. The number of hydrogen-bond donors (Lipinski definition) is 1. The SMILES string of the molecule is CCCCC(Nc1ccc(F)c(Cl)c1)c1ccccc1. The number of rotatable bonds is 6. The van der Waals surface area contributed by atoms with E-state index in [2.05, 4.69) is 24.4 Å². The Balaban J connectivity index is 2.17. The summed E-state index contributed by atoms with van der Waals surface area (Å²) in [7, 11) is 0. The van der Waals surface area contributed by atoms with Crippen LogP contribution in [0, 0.1) is 5.82 Å². The second-order valence-electron chi connectivity index (χ2n) is 4.88. The first-order valence-corrected chi connectivity index (χ1v) is 7.35. The van der Waals surface area contributed by atoms with Crippen molar-refractivity contribution in [2.45, 2.75) is 32.2 Å². The van der Waals surface area contributed by atoms with Crippen molar-refractivity contribution < 1.29 is 4.39 Å². The van der Waals surface area contributed by atoms with Gasteiger partial charge in [0.1, 0.15) is 5.82 Å². The van der Waals surface area contributed by atoms with Gasteiger partial charge in [-0.3, -0.25) is 0 Å². The monoisotopic (exact) mass is 291 g/mol. The molecule has 1 N–H and O–H groups in total. The average molecular weight is 292 g/mol. The predicted molar refractivity (Wildman–Crippen MR) is 83.7 cm³/mol. The van der Waals surface area contributed by atoms with Crippen LogP contribution in [0.3, 0.4) is 0 Å². The van der Waals surface area contributed by atoms with Crippen molar-refractivity contribution in [1.82, 2.24) is 0 Å². The number of unbranched alkanes of at least 4 members (excludes halogenated alkanes) is 1. The van der Waals surface area contributed by atoms with E-state index in [4.69, 9.17) is 11.6 Å². The normalized spacial score (nSPS) is 12.2. The molecule has 2 rings (SSSR count). The molecule has 0 radical (unpaired) electrons. The van der Waals surface area contributed by atoms with Crippen LogP contribution >= 0.6 is 11.6 Å². The van der Waals surface area contributed by atoms with Crippen molar-refractivity contribution in [3.05, 3.63) is 64.9 Å². The van der Waals surface area contributed by atoms with Gasteiger partial charge in [0.05, 0.1) is 11.1 Å². The summed E-state index contributed by atoms with van der Waals surface area (Å²) >= 11 is 5.83. The lowest BCUT2D eigenvalue weighted by Crippen LogP contribution is -2.10. The Morgan fingerprint density at radius 2 is 1.90 bits per heavy atom. The van der Waals surface area contributed by atoms with Crippen molar-refractivity contribution in [1.29, 1.82) is 0 Å². The summed E-state index contributed by atoms with van der Waals surface area (Å²) in [4.78, 5) is 0. The lowest BCUT2D eigenvalue weighted by atomic mass is 10.0. The van der Waals surface area contributed by atoms with Crippen molar-refractivity contribution >= 4 is 17.3 Å². The lowest BCUT2D eigenvalue weighted by Gasteiger charge is -2.20. The van der Waals surface area contributed by atoms with Gasteiger partial charge in [-0.1, -0.05) is 61.7 Å². The Morgan fingerprint density at radius 3 is 2.55 bits per heavy atom. The maximum Gasteiger partial charge on any atom is 0.141 e. The minimum atomic E-state index is -0.387. The van der Waals surface area contributed by atoms with Gasteiger partial charge in [0.15, 0.2) is 0 Å². The first-order chi connectivity index (χ1) is 9.70. The minimum Gasteiger partial charge on any atom is -0.378 e. The number of hydrogen-bond acceptors (Lipinski definition) is 1. The first-order valence-electron chi connectivity index (χ1n) is 6.97. The fourth-order valence-electron chi connectivity index (χ4n) is 2.20. The highest BCUT2D eigenvalue weighted by Gasteiger charge is 2.11. The first kappa shape index (κ1) is 14.9. The summed E-state index contributed by atoms with van der Waals surface area (Å²) in [5.41, 5.74) is 2.09. The summed E-state index contributed by atoms with van der Waals surface area (Å²) in [5.74, 6) is -0.387. The second kappa shape index (κ2) is 7.30. The Morgan fingerprint density at radius 1 is 1.15 bits per heavy atom. The van der Waals surface area contributed by atoms with Gasteiger partial charge in [0, 0.05) is 5.69 Å². The smallest absolute Gasteiger partial charge is 0.141 e. The molecule has 0 fully saturated rings. The van der Waals surface area contributed by atoms with Crippen LogP contribution in [0.4, 0.5) is 10.1 Å². The molecule has 3 heteroatoms. The third kappa shape index (κ3) is 3.97. The predicted octanol–water partition coefficient (Wildman–Crippen LogP) is 5.82. The van der Waals surface area contributed by atoms with E-state index in [1.165, 1.54) is 11.6 Å². The molecule has 0 saturated carbocycles. The van der Waals surface area contributed by atoms with Crippen LogP contribution in [0.15, 0.2) is 48.5 Å². The van der Waals surface area contributed by atoms with Gasteiger partial charge in [0.25, 0.3) is 0 Å². The van der Waals surface area contributed by atoms with Gasteiger partial charge in [-0.05, 0) is 30.2 Å². The number of anilines is 1. The van der Waals surface area contributed by atoms with Crippen molar-refractivity contribution in [3.8, 4) is 0 Å². The van der Waals surface area contributed by atoms with E-state index in [0.29, 0.717) is 0 Å². The summed E-state index contributed by atoms with van der Waals surface area (Å²) in [6.07, 6.45) is 3.33. The van der Waals surface area contributed by atoms with Crippen molar-refractivity contribution in [3.63, 3.8) is 0 Å². The molecule has 0 aromatic heterocycles. The van der Waals surface area contributed by atoms with Gasteiger partial charge in [-0.15, -0.1) is 0 Å². The standard InChI is InChI=1S/C17H19ClFN/c1-2-3-9-17(13-7-5-4-6-8-13)20-14-10-11-16(19)15(18)12-14/h4-8,10-12,17,20H,2-3,9H2,1H3. The molecule has 0 bridgehead atoms. The van der Waals surface area contributed by atoms with Crippen molar-refractivity contribution in [2.75, 3.05) is 5.32 Å². The largest absolute Gasteiger partial charge is 0.378 e. The van der Waals surface area contributed by atoms with E-state index in [1.807, 2.05) is 18.2 Å². The van der Waals surface area contributed by atoms with Crippen LogP contribution < -0.4 is 5.32 Å². The van der Waals surface area contributed by atoms with Crippen LogP contribution in [-0.2, 0) is 0 Å².